The van der Waals surface area contributed by atoms with E-state index in [1.807, 2.05) is 6.92 Å². The van der Waals surface area contributed by atoms with Crippen molar-refractivity contribution in [2.45, 2.75) is 19.4 Å². The fraction of sp³-hybridized carbons (Fsp3) is 0.214. The number of ether oxygens (including phenoxy) is 1. The maximum atomic E-state index is 13.0. The van der Waals surface area contributed by atoms with Gasteiger partial charge in [-0.1, -0.05) is 6.92 Å². The summed E-state index contributed by atoms with van der Waals surface area (Å²) < 4.78 is 31.1. The van der Waals surface area contributed by atoms with Crippen molar-refractivity contribution in [3.8, 4) is 11.5 Å². The molecule has 100 valence electrons. The molecule has 2 aromatic rings. The molecule has 1 heterocycles. The molecule has 0 radical (unpaired) electrons. The molecule has 0 spiro atoms. The van der Waals surface area contributed by atoms with Crippen molar-refractivity contribution in [3.63, 3.8) is 0 Å². The van der Waals surface area contributed by atoms with E-state index in [-0.39, 0.29) is 11.8 Å². The highest BCUT2D eigenvalue weighted by molar-refractivity contribution is 5.31. The Hall–Kier alpha value is -2.01. The minimum atomic E-state index is -0.949. The van der Waals surface area contributed by atoms with Gasteiger partial charge in [0.1, 0.15) is 11.5 Å². The number of nitrogens with two attached hydrogens (primary N) is 1. The number of rotatable bonds is 4. The maximum Gasteiger partial charge on any atom is 0.162 e. The van der Waals surface area contributed by atoms with E-state index in [9.17, 15) is 8.78 Å². The van der Waals surface area contributed by atoms with Gasteiger partial charge in [0, 0.05) is 12.1 Å². The zero-order chi connectivity index (χ0) is 13.8. The lowest BCUT2D eigenvalue weighted by molar-refractivity contribution is 0.459. The summed E-state index contributed by atoms with van der Waals surface area (Å²) in [6.07, 6.45) is 2.29. The van der Waals surface area contributed by atoms with Crippen molar-refractivity contribution in [2.75, 3.05) is 0 Å². The summed E-state index contributed by atoms with van der Waals surface area (Å²) in [6, 6.07) is 6.69. The monoisotopic (exact) mass is 264 g/mol. The van der Waals surface area contributed by atoms with E-state index in [1.54, 1.807) is 12.1 Å². The Morgan fingerprint density at radius 3 is 2.47 bits per heavy atom. The molecule has 3 nitrogen and oxygen atoms in total. The Balaban J connectivity index is 2.12. The normalized spacial score (nSPS) is 12.2. The van der Waals surface area contributed by atoms with Crippen molar-refractivity contribution in [1.29, 1.82) is 0 Å². The van der Waals surface area contributed by atoms with Crippen LogP contribution in [-0.2, 0) is 0 Å². The molecule has 2 N–H and O–H groups in total. The van der Waals surface area contributed by atoms with Crippen LogP contribution in [0, 0.1) is 11.6 Å². The zero-order valence-corrected chi connectivity index (χ0v) is 10.4. The number of hydrogen-bond donors (Lipinski definition) is 1. The van der Waals surface area contributed by atoms with E-state index in [2.05, 4.69) is 4.98 Å². The molecular formula is C14H14F2N2O. The summed E-state index contributed by atoms with van der Waals surface area (Å²) in [4.78, 5) is 4.17. The molecule has 0 aliphatic heterocycles. The first kappa shape index (κ1) is 13.4. The quantitative estimate of drug-likeness (QED) is 0.918. The summed E-state index contributed by atoms with van der Waals surface area (Å²) in [5.74, 6) is -1.20. The molecule has 1 unspecified atom stereocenters. The standard InChI is InChI=1S/C14H14F2N2O/c1-2-13(17)14-6-4-10(8-18-14)19-9-3-5-11(15)12(16)7-9/h3-8,13H,2,17H2,1H3. The van der Waals surface area contributed by atoms with Crippen LogP contribution >= 0.6 is 0 Å². The first-order valence-corrected chi connectivity index (χ1v) is 5.94. The number of benzene rings is 1. The molecule has 2 rings (SSSR count). The van der Waals surface area contributed by atoms with Gasteiger partial charge in [-0.05, 0) is 30.7 Å². The van der Waals surface area contributed by atoms with Crippen molar-refractivity contribution in [3.05, 3.63) is 53.9 Å². The van der Waals surface area contributed by atoms with Gasteiger partial charge in [0.25, 0.3) is 0 Å². The molecule has 0 fully saturated rings. The third-order valence-corrected chi connectivity index (χ3v) is 2.71. The topological polar surface area (TPSA) is 48.1 Å². The second-order valence-electron chi connectivity index (χ2n) is 4.11. The summed E-state index contributed by atoms with van der Waals surface area (Å²) in [5.41, 5.74) is 6.60. The highest BCUT2D eigenvalue weighted by atomic mass is 19.2. The van der Waals surface area contributed by atoms with Gasteiger partial charge in [0.2, 0.25) is 0 Å². The minimum absolute atomic E-state index is 0.114. The number of aromatic nitrogens is 1. The van der Waals surface area contributed by atoms with Crippen molar-refractivity contribution < 1.29 is 13.5 Å². The van der Waals surface area contributed by atoms with Crippen LogP contribution in [0.5, 0.6) is 11.5 Å². The van der Waals surface area contributed by atoms with E-state index in [1.165, 1.54) is 12.3 Å². The van der Waals surface area contributed by atoms with Gasteiger partial charge in [-0.2, -0.15) is 0 Å². The van der Waals surface area contributed by atoms with Gasteiger partial charge in [-0.15, -0.1) is 0 Å². The Bertz CT molecular complexity index is 558. The van der Waals surface area contributed by atoms with Gasteiger partial charge in [0.15, 0.2) is 11.6 Å². The summed E-state index contributed by atoms with van der Waals surface area (Å²) in [5, 5.41) is 0. The van der Waals surface area contributed by atoms with Crippen LogP contribution in [0.15, 0.2) is 36.5 Å². The van der Waals surface area contributed by atoms with E-state index >= 15 is 0 Å². The van der Waals surface area contributed by atoms with E-state index < -0.39 is 11.6 Å². The Kier molecular flexibility index (Phi) is 4.06. The molecule has 0 aliphatic carbocycles. The molecule has 0 bridgehead atoms. The summed E-state index contributed by atoms with van der Waals surface area (Å²) in [7, 11) is 0. The van der Waals surface area contributed by atoms with E-state index in [4.69, 9.17) is 10.5 Å². The van der Waals surface area contributed by atoms with Crippen molar-refractivity contribution in [2.24, 2.45) is 5.73 Å². The fourth-order valence-electron chi connectivity index (χ4n) is 1.56. The zero-order valence-electron chi connectivity index (χ0n) is 10.4. The molecule has 0 saturated heterocycles. The first-order chi connectivity index (χ1) is 9.10. The first-order valence-electron chi connectivity index (χ1n) is 5.94. The maximum absolute atomic E-state index is 13.0. The van der Waals surface area contributed by atoms with Crippen LogP contribution < -0.4 is 10.5 Å². The van der Waals surface area contributed by atoms with E-state index in [0.29, 0.717) is 5.75 Å². The lowest BCUT2D eigenvalue weighted by Gasteiger charge is -2.09. The van der Waals surface area contributed by atoms with Gasteiger partial charge in [-0.3, -0.25) is 4.98 Å². The van der Waals surface area contributed by atoms with Crippen LogP contribution in [0.4, 0.5) is 8.78 Å². The van der Waals surface area contributed by atoms with Crippen LogP contribution in [0.1, 0.15) is 25.1 Å². The largest absolute Gasteiger partial charge is 0.456 e. The highest BCUT2D eigenvalue weighted by Crippen LogP contribution is 2.23. The number of hydrogen-bond acceptors (Lipinski definition) is 3. The molecule has 1 aromatic carbocycles. The smallest absolute Gasteiger partial charge is 0.162 e. The lowest BCUT2D eigenvalue weighted by Crippen LogP contribution is -2.10. The number of pyridine rings is 1. The molecule has 0 amide bonds. The van der Waals surface area contributed by atoms with Crippen LogP contribution in [-0.4, -0.2) is 4.98 Å². The average Bonchev–Trinajstić information content (AvgIpc) is 2.43. The third-order valence-electron chi connectivity index (χ3n) is 2.71. The lowest BCUT2D eigenvalue weighted by atomic mass is 10.1. The van der Waals surface area contributed by atoms with Crippen LogP contribution in [0.2, 0.25) is 0 Å². The molecule has 5 heteroatoms. The van der Waals surface area contributed by atoms with Gasteiger partial charge < -0.3 is 10.5 Å². The Labute approximate surface area is 110 Å². The van der Waals surface area contributed by atoms with Gasteiger partial charge in [-0.25, -0.2) is 8.78 Å². The summed E-state index contributed by atoms with van der Waals surface area (Å²) >= 11 is 0. The summed E-state index contributed by atoms with van der Waals surface area (Å²) in [6.45, 7) is 1.97. The Morgan fingerprint density at radius 2 is 1.89 bits per heavy atom. The van der Waals surface area contributed by atoms with Gasteiger partial charge >= 0.3 is 0 Å². The molecule has 0 aliphatic rings. The second kappa shape index (κ2) is 5.75. The molecule has 0 saturated carbocycles. The number of halogens is 2. The minimum Gasteiger partial charge on any atom is -0.456 e. The average molecular weight is 264 g/mol. The van der Waals surface area contributed by atoms with Crippen molar-refractivity contribution in [1.82, 2.24) is 4.98 Å². The second-order valence-corrected chi connectivity index (χ2v) is 4.11. The molecule has 1 aromatic heterocycles. The molecular weight excluding hydrogens is 250 g/mol. The molecule has 19 heavy (non-hydrogen) atoms. The van der Waals surface area contributed by atoms with Gasteiger partial charge in [0.05, 0.1) is 11.9 Å². The van der Waals surface area contributed by atoms with Crippen LogP contribution in [0.25, 0.3) is 0 Å². The van der Waals surface area contributed by atoms with Crippen LogP contribution in [0.3, 0.4) is 0 Å². The SMILES string of the molecule is CCC(N)c1ccc(Oc2ccc(F)c(F)c2)cn1. The Morgan fingerprint density at radius 1 is 1.16 bits per heavy atom. The molecule has 1 atom stereocenters. The van der Waals surface area contributed by atoms with E-state index in [0.717, 1.165) is 24.2 Å². The predicted molar refractivity (Wildman–Crippen MR) is 67.9 cm³/mol. The van der Waals surface area contributed by atoms with Crippen molar-refractivity contribution >= 4 is 0 Å². The highest BCUT2D eigenvalue weighted by Gasteiger charge is 2.07. The third kappa shape index (κ3) is 3.26. The predicted octanol–water partition coefficient (Wildman–Crippen LogP) is 3.56. The fourth-order valence-corrected chi connectivity index (χ4v) is 1.56. The number of nitrogens with zero attached hydrogens (tertiary/aromatic N) is 1.